The van der Waals surface area contributed by atoms with Gasteiger partial charge in [-0.3, -0.25) is 9.78 Å². The summed E-state index contributed by atoms with van der Waals surface area (Å²) in [5, 5.41) is 14.1. The summed E-state index contributed by atoms with van der Waals surface area (Å²) in [6.07, 6.45) is 3.11. The normalized spacial score (nSPS) is 12.1. The van der Waals surface area contributed by atoms with Crippen LogP contribution in [0.3, 0.4) is 0 Å². The Kier molecular flexibility index (Phi) is 6.67. The summed E-state index contributed by atoms with van der Waals surface area (Å²) >= 11 is 0. The summed E-state index contributed by atoms with van der Waals surface area (Å²) < 4.78 is 33.3. The molecule has 3 heterocycles. The number of hydrogen-bond acceptors (Lipinski definition) is 7. The van der Waals surface area contributed by atoms with Crippen LogP contribution in [0.1, 0.15) is 42.4 Å². The van der Waals surface area contributed by atoms with Crippen LogP contribution in [0, 0.1) is 17.1 Å². The van der Waals surface area contributed by atoms with E-state index in [4.69, 9.17) is 19.3 Å². The van der Waals surface area contributed by atoms with Gasteiger partial charge in [0.15, 0.2) is 5.69 Å². The van der Waals surface area contributed by atoms with Gasteiger partial charge in [0.25, 0.3) is 5.91 Å². The first-order valence-corrected chi connectivity index (χ1v) is 12.5. The number of carbonyl (C=O) groups is 1. The van der Waals surface area contributed by atoms with Crippen molar-refractivity contribution < 1.29 is 23.4 Å². The molecule has 1 aliphatic heterocycles. The fourth-order valence-electron chi connectivity index (χ4n) is 4.53. The fraction of sp³-hybridized carbons (Fsp3) is 0.267. The lowest BCUT2D eigenvalue weighted by molar-refractivity contribution is 0.0646. The number of hydrogen-bond donors (Lipinski definition) is 0. The lowest BCUT2D eigenvalue weighted by atomic mass is 9.95. The Hall–Kier alpha value is -4.91. The zero-order chi connectivity index (χ0) is 28.8. The molecule has 0 aliphatic carbocycles. The molecule has 1 amide bonds. The molecule has 0 bridgehead atoms. The first kappa shape index (κ1) is 26.7. The van der Waals surface area contributed by atoms with Crippen LogP contribution in [0.4, 0.5) is 4.39 Å². The average Bonchev–Trinajstić information content (AvgIpc) is 3.35. The van der Waals surface area contributed by atoms with Gasteiger partial charge in [-0.2, -0.15) is 10.4 Å². The molecule has 204 valence electrons. The van der Waals surface area contributed by atoms with Gasteiger partial charge in [-0.05, 0) is 39.0 Å². The number of aromatic nitrogens is 3. The van der Waals surface area contributed by atoms with Crippen LogP contribution in [0.5, 0.6) is 17.2 Å². The van der Waals surface area contributed by atoms with Crippen LogP contribution >= 0.6 is 0 Å². The van der Waals surface area contributed by atoms with E-state index >= 15 is 0 Å². The van der Waals surface area contributed by atoms with E-state index in [2.05, 4.69) is 11.1 Å². The number of carbonyl (C=O) groups excluding carboxylic acids is 1. The number of methoxy groups -OCH3 is 2. The van der Waals surface area contributed by atoms with Gasteiger partial charge in [0.2, 0.25) is 0 Å². The second-order valence-electron chi connectivity index (χ2n) is 10.4. The smallest absolute Gasteiger partial charge is 0.274 e. The first-order chi connectivity index (χ1) is 19.0. The van der Waals surface area contributed by atoms with Gasteiger partial charge >= 0.3 is 0 Å². The van der Waals surface area contributed by atoms with E-state index < -0.39 is 11.4 Å². The Morgan fingerprint density at radius 3 is 2.55 bits per heavy atom. The standard InChI is InChI=1S/C30H28FN5O4/c1-30(2,3)35(4)29(37)27-24-16-40-26-12-25(39-6)22(18-7-17(13-32)14-33-15-18)11-23(26)28(24)36(34-27)20-8-19(31)9-21(10-20)38-5/h7-12,14-15H,16H2,1-6H3. The molecule has 5 rings (SSSR count). The number of rotatable bonds is 5. The largest absolute Gasteiger partial charge is 0.497 e. The zero-order valence-corrected chi connectivity index (χ0v) is 23.1. The predicted molar refractivity (Wildman–Crippen MR) is 146 cm³/mol. The van der Waals surface area contributed by atoms with E-state index in [1.54, 1.807) is 48.1 Å². The van der Waals surface area contributed by atoms with Crippen LogP contribution in [0.15, 0.2) is 48.8 Å². The van der Waals surface area contributed by atoms with Crippen molar-refractivity contribution in [3.05, 3.63) is 71.4 Å². The fourth-order valence-corrected chi connectivity index (χ4v) is 4.53. The molecule has 0 radical (unpaired) electrons. The summed E-state index contributed by atoms with van der Waals surface area (Å²) in [7, 11) is 4.72. The molecule has 0 atom stereocenters. The van der Waals surface area contributed by atoms with Gasteiger partial charge in [0, 0.05) is 65.4 Å². The van der Waals surface area contributed by atoms with Crippen LogP contribution in [-0.4, -0.2) is 52.4 Å². The van der Waals surface area contributed by atoms with Crippen molar-refractivity contribution >= 4 is 5.91 Å². The monoisotopic (exact) mass is 541 g/mol. The molecular formula is C30H28FN5O4. The van der Waals surface area contributed by atoms with Crippen LogP contribution in [0.25, 0.3) is 28.1 Å². The highest BCUT2D eigenvalue weighted by molar-refractivity contribution is 5.97. The highest BCUT2D eigenvalue weighted by Gasteiger charge is 2.35. The van der Waals surface area contributed by atoms with Crippen molar-refractivity contribution in [3.63, 3.8) is 0 Å². The van der Waals surface area contributed by atoms with E-state index in [9.17, 15) is 14.4 Å². The summed E-state index contributed by atoms with van der Waals surface area (Å²) in [6, 6.07) is 11.7. The zero-order valence-electron chi connectivity index (χ0n) is 23.1. The molecule has 0 N–H and O–H groups in total. The third-order valence-electron chi connectivity index (χ3n) is 6.94. The molecule has 0 saturated carbocycles. The van der Waals surface area contributed by atoms with Crippen molar-refractivity contribution in [1.29, 1.82) is 5.26 Å². The van der Waals surface area contributed by atoms with Crippen molar-refractivity contribution in [2.45, 2.75) is 32.9 Å². The lowest BCUT2D eigenvalue weighted by Crippen LogP contribution is -2.43. The van der Waals surface area contributed by atoms with E-state index in [1.165, 1.54) is 25.4 Å². The van der Waals surface area contributed by atoms with E-state index in [1.807, 2.05) is 26.8 Å². The maximum atomic E-state index is 14.7. The molecule has 4 aromatic rings. The van der Waals surface area contributed by atoms with Crippen molar-refractivity contribution in [2.24, 2.45) is 0 Å². The minimum Gasteiger partial charge on any atom is -0.497 e. The first-order valence-electron chi connectivity index (χ1n) is 12.5. The number of benzene rings is 2. The van der Waals surface area contributed by atoms with Crippen molar-refractivity contribution in [3.8, 4) is 51.4 Å². The number of nitrogens with zero attached hydrogens (tertiary/aromatic N) is 5. The number of nitriles is 1. The Morgan fingerprint density at radius 1 is 1.10 bits per heavy atom. The summed E-state index contributed by atoms with van der Waals surface area (Å²) in [5.74, 6) is 0.519. The molecule has 0 saturated heterocycles. The quantitative estimate of drug-likeness (QED) is 0.334. The molecule has 10 heteroatoms. The van der Waals surface area contributed by atoms with Gasteiger partial charge in [0.05, 0.1) is 31.2 Å². The topological polar surface area (TPSA) is 103 Å². The molecule has 1 aliphatic rings. The molecule has 2 aromatic heterocycles. The summed E-state index contributed by atoms with van der Waals surface area (Å²) in [4.78, 5) is 19.5. The molecule has 0 fully saturated rings. The van der Waals surface area contributed by atoms with Gasteiger partial charge in [-0.1, -0.05) is 0 Å². The molecule has 9 nitrogen and oxygen atoms in total. The Balaban J connectivity index is 1.80. The summed E-state index contributed by atoms with van der Waals surface area (Å²) in [5.41, 5.74) is 3.58. The number of ether oxygens (including phenoxy) is 3. The second-order valence-corrected chi connectivity index (χ2v) is 10.4. The molecule has 2 aromatic carbocycles. The Bertz CT molecular complexity index is 1680. The lowest BCUT2D eigenvalue weighted by Gasteiger charge is -2.31. The van der Waals surface area contributed by atoms with Crippen molar-refractivity contribution in [1.82, 2.24) is 19.7 Å². The van der Waals surface area contributed by atoms with E-state index in [0.717, 1.165) is 0 Å². The molecule has 0 spiro atoms. The molecular weight excluding hydrogens is 513 g/mol. The Labute approximate surface area is 231 Å². The van der Waals surface area contributed by atoms with Gasteiger partial charge in [-0.15, -0.1) is 0 Å². The van der Waals surface area contributed by atoms with Crippen LogP contribution < -0.4 is 14.2 Å². The highest BCUT2D eigenvalue weighted by atomic mass is 19.1. The maximum Gasteiger partial charge on any atom is 0.274 e. The van der Waals surface area contributed by atoms with Gasteiger partial charge in [-0.25, -0.2) is 9.07 Å². The minimum absolute atomic E-state index is 0.0712. The van der Waals surface area contributed by atoms with Gasteiger partial charge in [0.1, 0.15) is 35.7 Å². The second kappa shape index (κ2) is 10.0. The third kappa shape index (κ3) is 4.60. The Morgan fingerprint density at radius 2 is 1.88 bits per heavy atom. The number of halogens is 1. The summed E-state index contributed by atoms with van der Waals surface area (Å²) in [6.45, 7) is 5.86. The van der Waals surface area contributed by atoms with Crippen molar-refractivity contribution in [2.75, 3.05) is 21.3 Å². The van der Waals surface area contributed by atoms with E-state index in [0.29, 0.717) is 56.4 Å². The SMILES string of the molecule is COc1cc(F)cc(-n2nc(C(=O)N(C)C(C)(C)C)c3c2-c2cc(-c4cncc(C#N)c4)c(OC)cc2OC3)c1. The number of pyridine rings is 1. The molecule has 40 heavy (non-hydrogen) atoms. The maximum absolute atomic E-state index is 14.7. The van der Waals surface area contributed by atoms with Gasteiger partial charge < -0.3 is 19.1 Å². The molecule has 0 unspecified atom stereocenters. The number of amides is 1. The minimum atomic E-state index is -0.514. The van der Waals surface area contributed by atoms with Crippen LogP contribution in [0.2, 0.25) is 0 Å². The predicted octanol–water partition coefficient (Wildman–Crippen LogP) is 5.39. The third-order valence-corrected chi connectivity index (χ3v) is 6.94. The number of fused-ring (bicyclic) bond motifs is 3. The van der Waals surface area contributed by atoms with E-state index in [-0.39, 0.29) is 18.2 Å². The highest BCUT2D eigenvalue weighted by Crippen LogP contribution is 2.46. The average molecular weight is 542 g/mol. The van der Waals surface area contributed by atoms with Crippen LogP contribution in [-0.2, 0) is 6.61 Å².